The molecule has 2 heterocycles. The first-order chi connectivity index (χ1) is 12.2. The quantitative estimate of drug-likeness (QED) is 0.563. The van der Waals surface area contributed by atoms with Crippen molar-refractivity contribution in [2.45, 2.75) is 25.0 Å². The first kappa shape index (κ1) is 17.9. The normalized spacial score (nSPS) is 15.6. The molecule has 1 aliphatic rings. The van der Waals surface area contributed by atoms with Crippen molar-refractivity contribution in [1.82, 2.24) is 19.8 Å². The zero-order valence-corrected chi connectivity index (χ0v) is 15.4. The molecule has 0 N–H and O–H groups in total. The number of rotatable bonds is 7. The summed E-state index contributed by atoms with van der Waals surface area (Å²) in [5.41, 5.74) is 2.34. The summed E-state index contributed by atoms with van der Waals surface area (Å²) in [6.07, 6.45) is 4.66. The third kappa shape index (κ3) is 5.28. The summed E-state index contributed by atoms with van der Waals surface area (Å²) in [5.74, 6) is 1.18. The van der Waals surface area contributed by atoms with Gasteiger partial charge in [0.2, 0.25) is 5.91 Å². The summed E-state index contributed by atoms with van der Waals surface area (Å²) in [4.78, 5) is 25.3. The molecule has 6 heteroatoms. The van der Waals surface area contributed by atoms with E-state index < -0.39 is 0 Å². The van der Waals surface area contributed by atoms with Crippen LogP contribution in [0.3, 0.4) is 0 Å². The van der Waals surface area contributed by atoms with E-state index >= 15 is 0 Å². The second-order valence-corrected chi connectivity index (χ2v) is 7.37. The summed E-state index contributed by atoms with van der Waals surface area (Å²) >= 11 is 1.64. The minimum Gasteiger partial charge on any atom is -0.340 e. The van der Waals surface area contributed by atoms with E-state index in [1.54, 1.807) is 11.8 Å². The van der Waals surface area contributed by atoms with Crippen LogP contribution in [0.25, 0.3) is 0 Å². The third-order valence-electron chi connectivity index (χ3n) is 4.27. The average molecular weight is 356 g/mol. The molecule has 0 saturated carbocycles. The lowest BCUT2D eigenvalue weighted by Gasteiger charge is -2.34. The van der Waals surface area contributed by atoms with E-state index in [0.717, 1.165) is 49.1 Å². The van der Waals surface area contributed by atoms with Crippen LogP contribution in [-0.4, -0.2) is 57.6 Å². The maximum absolute atomic E-state index is 12.4. The lowest BCUT2D eigenvalue weighted by atomic mass is 10.1. The van der Waals surface area contributed by atoms with Gasteiger partial charge in [-0.3, -0.25) is 9.69 Å². The van der Waals surface area contributed by atoms with Crippen molar-refractivity contribution >= 4 is 17.7 Å². The summed E-state index contributed by atoms with van der Waals surface area (Å²) in [6, 6.07) is 10.3. The van der Waals surface area contributed by atoms with Gasteiger partial charge in [-0.1, -0.05) is 49.0 Å². The molecule has 1 aliphatic heterocycles. The van der Waals surface area contributed by atoms with Gasteiger partial charge in [0.25, 0.3) is 0 Å². The molecule has 1 amide bonds. The summed E-state index contributed by atoms with van der Waals surface area (Å²) in [6.45, 7) is 5.77. The Balaban J connectivity index is 1.47. The third-order valence-corrected chi connectivity index (χ3v) is 5.03. The molecule has 1 saturated heterocycles. The number of nitrogens with zero attached hydrogens (tertiary/aromatic N) is 4. The van der Waals surface area contributed by atoms with Crippen molar-refractivity contribution in [2.24, 2.45) is 0 Å². The maximum Gasteiger partial charge on any atom is 0.236 e. The lowest BCUT2D eigenvalue weighted by Crippen LogP contribution is -2.50. The van der Waals surface area contributed by atoms with Crippen molar-refractivity contribution in [2.75, 3.05) is 31.9 Å². The van der Waals surface area contributed by atoms with Gasteiger partial charge in [-0.2, -0.15) is 0 Å². The molecular formula is C19H24N4OS. The number of hydrogen-bond acceptors (Lipinski definition) is 5. The molecule has 0 spiro atoms. The molecule has 0 radical (unpaired) electrons. The van der Waals surface area contributed by atoms with Gasteiger partial charge >= 0.3 is 0 Å². The van der Waals surface area contributed by atoms with E-state index in [1.165, 1.54) is 5.56 Å². The number of carbonyl (C=O) groups is 1. The molecular weight excluding hydrogens is 332 g/mol. The predicted octanol–water partition coefficient (Wildman–Crippen LogP) is 2.48. The van der Waals surface area contributed by atoms with E-state index in [0.29, 0.717) is 6.54 Å². The maximum atomic E-state index is 12.4. The van der Waals surface area contributed by atoms with Gasteiger partial charge in [0.1, 0.15) is 0 Å². The number of amides is 1. The van der Waals surface area contributed by atoms with Gasteiger partial charge in [-0.25, -0.2) is 9.97 Å². The van der Waals surface area contributed by atoms with Gasteiger partial charge in [0.15, 0.2) is 5.16 Å². The highest BCUT2D eigenvalue weighted by atomic mass is 32.2. The Morgan fingerprint density at radius 3 is 2.52 bits per heavy atom. The molecule has 1 aromatic carbocycles. The van der Waals surface area contributed by atoms with Crippen LogP contribution in [0.5, 0.6) is 0 Å². The van der Waals surface area contributed by atoms with Gasteiger partial charge in [0, 0.05) is 44.1 Å². The topological polar surface area (TPSA) is 49.3 Å². The van der Waals surface area contributed by atoms with Crippen molar-refractivity contribution in [1.29, 1.82) is 0 Å². The van der Waals surface area contributed by atoms with E-state index in [9.17, 15) is 4.79 Å². The Morgan fingerprint density at radius 2 is 1.84 bits per heavy atom. The Kier molecular flexibility index (Phi) is 6.42. The highest BCUT2D eigenvalue weighted by Crippen LogP contribution is 2.13. The standard InChI is InChI=1S/C19H24N4OS/c1-2-25-19-20-12-17(13-21-19)14-22-10-11-23(18(24)15-22)9-8-16-6-4-3-5-7-16/h3-7,12-13H,2,8-11,14-15H2,1H3. The number of piperazine rings is 1. The molecule has 1 aromatic heterocycles. The Morgan fingerprint density at radius 1 is 1.08 bits per heavy atom. The van der Waals surface area contributed by atoms with Crippen molar-refractivity contribution < 1.29 is 4.79 Å². The van der Waals surface area contributed by atoms with Crippen LogP contribution in [0, 0.1) is 0 Å². The zero-order valence-electron chi connectivity index (χ0n) is 14.6. The Hall–Kier alpha value is -1.92. The highest BCUT2D eigenvalue weighted by Gasteiger charge is 2.23. The number of thioether (sulfide) groups is 1. The van der Waals surface area contributed by atoms with Crippen LogP contribution in [0.15, 0.2) is 47.9 Å². The van der Waals surface area contributed by atoms with Crippen molar-refractivity contribution in [3.63, 3.8) is 0 Å². The van der Waals surface area contributed by atoms with E-state index in [-0.39, 0.29) is 5.91 Å². The van der Waals surface area contributed by atoms with E-state index in [1.807, 2.05) is 35.5 Å². The molecule has 0 unspecified atom stereocenters. The summed E-state index contributed by atoms with van der Waals surface area (Å²) in [5, 5.41) is 0.813. The first-order valence-corrected chi connectivity index (χ1v) is 9.71. The van der Waals surface area contributed by atoms with Crippen LogP contribution in [-0.2, 0) is 17.8 Å². The van der Waals surface area contributed by atoms with Crippen LogP contribution < -0.4 is 0 Å². The van der Waals surface area contributed by atoms with Crippen LogP contribution >= 0.6 is 11.8 Å². The van der Waals surface area contributed by atoms with E-state index in [2.05, 4.69) is 33.9 Å². The van der Waals surface area contributed by atoms with Crippen LogP contribution in [0.1, 0.15) is 18.1 Å². The molecule has 25 heavy (non-hydrogen) atoms. The molecule has 2 aromatic rings. The number of aromatic nitrogens is 2. The van der Waals surface area contributed by atoms with E-state index in [4.69, 9.17) is 0 Å². The smallest absolute Gasteiger partial charge is 0.236 e. The van der Waals surface area contributed by atoms with Gasteiger partial charge < -0.3 is 4.90 Å². The first-order valence-electron chi connectivity index (χ1n) is 8.72. The van der Waals surface area contributed by atoms with Gasteiger partial charge in [-0.05, 0) is 17.7 Å². The lowest BCUT2D eigenvalue weighted by molar-refractivity contribution is -0.136. The summed E-state index contributed by atoms with van der Waals surface area (Å²) < 4.78 is 0. The average Bonchev–Trinajstić information content (AvgIpc) is 2.64. The van der Waals surface area contributed by atoms with Crippen LogP contribution in [0.4, 0.5) is 0 Å². The fraction of sp³-hybridized carbons (Fsp3) is 0.421. The second kappa shape index (κ2) is 8.97. The zero-order chi connectivity index (χ0) is 17.5. The van der Waals surface area contributed by atoms with Gasteiger partial charge in [-0.15, -0.1) is 0 Å². The number of carbonyl (C=O) groups excluding carboxylic acids is 1. The van der Waals surface area contributed by atoms with Crippen molar-refractivity contribution in [3.8, 4) is 0 Å². The molecule has 132 valence electrons. The Bertz CT molecular complexity index is 678. The minimum absolute atomic E-state index is 0.209. The van der Waals surface area contributed by atoms with Gasteiger partial charge in [0.05, 0.1) is 6.54 Å². The largest absolute Gasteiger partial charge is 0.340 e. The molecule has 0 aliphatic carbocycles. The number of benzene rings is 1. The summed E-state index contributed by atoms with van der Waals surface area (Å²) in [7, 11) is 0. The molecule has 1 fully saturated rings. The fourth-order valence-corrected chi connectivity index (χ4v) is 3.44. The van der Waals surface area contributed by atoms with Crippen LogP contribution in [0.2, 0.25) is 0 Å². The van der Waals surface area contributed by atoms with Crippen molar-refractivity contribution in [3.05, 3.63) is 53.9 Å². The number of hydrogen-bond donors (Lipinski definition) is 0. The Labute approximate surface area is 153 Å². The highest BCUT2D eigenvalue weighted by molar-refractivity contribution is 7.99. The fourth-order valence-electron chi connectivity index (χ4n) is 2.92. The monoisotopic (exact) mass is 356 g/mol. The molecule has 0 atom stereocenters. The second-order valence-electron chi connectivity index (χ2n) is 6.13. The minimum atomic E-state index is 0.209. The predicted molar refractivity (Wildman–Crippen MR) is 100 cm³/mol. The molecule has 0 bridgehead atoms. The molecule has 3 rings (SSSR count). The molecule has 5 nitrogen and oxygen atoms in total. The SMILES string of the molecule is CCSc1ncc(CN2CCN(CCc3ccccc3)C(=O)C2)cn1.